The number of aromatic nitrogens is 1. The number of likely N-dealkylation sites (tertiary alicyclic amines) is 1. The molecule has 20 heavy (non-hydrogen) atoms. The maximum Gasteiger partial charge on any atom is 0.260 e. The van der Waals surface area contributed by atoms with Crippen LogP contribution in [0.4, 0.5) is 0 Å². The molecule has 1 saturated heterocycles. The molecule has 2 atom stereocenters. The van der Waals surface area contributed by atoms with Gasteiger partial charge in [-0.25, -0.2) is 0 Å². The minimum absolute atomic E-state index is 0.0233. The molecule has 7 heteroatoms. The van der Waals surface area contributed by atoms with Crippen molar-refractivity contribution in [3.8, 4) is 5.88 Å². The van der Waals surface area contributed by atoms with Gasteiger partial charge in [0.2, 0.25) is 0 Å². The second kappa shape index (κ2) is 6.23. The van der Waals surface area contributed by atoms with Gasteiger partial charge in [-0.1, -0.05) is 0 Å². The molecular weight excluding hydrogens is 262 g/mol. The van der Waals surface area contributed by atoms with Crippen LogP contribution in [0.3, 0.4) is 0 Å². The third kappa shape index (κ3) is 3.71. The largest absolute Gasteiger partial charge is 0.465 e. The standard InChI is InChI=1S/C13H21N3O4/c1-9-4-12(14-20-9)19-8-13(18)16-7-11(17)5-10(16)6-15(2)3/h4,10-11,17H,5-8H2,1-3H3. The average molecular weight is 283 g/mol. The summed E-state index contributed by atoms with van der Waals surface area (Å²) < 4.78 is 10.2. The van der Waals surface area contributed by atoms with Crippen LogP contribution in [-0.2, 0) is 4.79 Å². The number of aliphatic hydroxyl groups excluding tert-OH is 1. The highest BCUT2D eigenvalue weighted by molar-refractivity contribution is 5.78. The fourth-order valence-electron chi connectivity index (χ4n) is 2.42. The summed E-state index contributed by atoms with van der Waals surface area (Å²) in [6, 6.07) is 1.65. The van der Waals surface area contributed by atoms with Gasteiger partial charge in [-0.2, -0.15) is 0 Å². The predicted molar refractivity (Wildman–Crippen MR) is 71.4 cm³/mol. The van der Waals surface area contributed by atoms with Crippen LogP contribution in [0.15, 0.2) is 10.6 Å². The summed E-state index contributed by atoms with van der Waals surface area (Å²) in [4.78, 5) is 15.9. The number of carbonyl (C=O) groups excluding carboxylic acids is 1. The number of β-amino-alcohol motifs (C(OH)–C–C–N with tert-alkyl or cyclic N) is 1. The lowest BCUT2D eigenvalue weighted by molar-refractivity contribution is -0.134. The van der Waals surface area contributed by atoms with Crippen molar-refractivity contribution in [3.05, 3.63) is 11.8 Å². The molecule has 1 aromatic rings. The lowest BCUT2D eigenvalue weighted by atomic mass is 10.2. The quantitative estimate of drug-likeness (QED) is 0.812. The number of aryl methyl sites for hydroxylation is 1. The molecule has 7 nitrogen and oxygen atoms in total. The van der Waals surface area contributed by atoms with Crippen LogP contribution in [-0.4, -0.2) is 71.9 Å². The maximum absolute atomic E-state index is 12.2. The van der Waals surface area contributed by atoms with E-state index < -0.39 is 6.10 Å². The summed E-state index contributed by atoms with van der Waals surface area (Å²) in [5, 5.41) is 13.4. The van der Waals surface area contributed by atoms with E-state index >= 15 is 0 Å². The molecule has 0 spiro atoms. The highest BCUT2D eigenvalue weighted by Gasteiger charge is 2.34. The molecule has 2 rings (SSSR count). The molecular formula is C13H21N3O4. The normalized spacial score (nSPS) is 22.6. The first-order valence-corrected chi connectivity index (χ1v) is 6.64. The van der Waals surface area contributed by atoms with Crippen LogP contribution in [0.25, 0.3) is 0 Å². The van der Waals surface area contributed by atoms with E-state index in [0.29, 0.717) is 24.6 Å². The van der Waals surface area contributed by atoms with Crippen molar-refractivity contribution < 1.29 is 19.2 Å². The van der Waals surface area contributed by atoms with E-state index in [-0.39, 0.29) is 18.6 Å². The van der Waals surface area contributed by atoms with Gasteiger partial charge < -0.3 is 24.2 Å². The Morgan fingerprint density at radius 2 is 2.40 bits per heavy atom. The third-order valence-corrected chi connectivity index (χ3v) is 3.24. The number of aliphatic hydroxyl groups is 1. The van der Waals surface area contributed by atoms with E-state index in [0.717, 1.165) is 6.54 Å². The lowest BCUT2D eigenvalue weighted by Crippen LogP contribution is -2.43. The summed E-state index contributed by atoms with van der Waals surface area (Å²) in [6.07, 6.45) is 0.144. The number of ether oxygens (including phenoxy) is 1. The maximum atomic E-state index is 12.2. The van der Waals surface area contributed by atoms with Crippen LogP contribution in [0, 0.1) is 6.92 Å². The molecule has 1 aromatic heterocycles. The zero-order chi connectivity index (χ0) is 14.7. The fraction of sp³-hybridized carbons (Fsp3) is 0.692. The number of rotatable bonds is 5. The van der Waals surface area contributed by atoms with E-state index in [9.17, 15) is 9.90 Å². The Labute approximate surface area is 118 Å². The molecule has 0 aliphatic carbocycles. The van der Waals surface area contributed by atoms with Gasteiger partial charge >= 0.3 is 0 Å². The molecule has 0 saturated carbocycles. The first kappa shape index (κ1) is 14.8. The SMILES string of the molecule is Cc1cc(OCC(=O)N2CC(O)CC2CN(C)C)no1. The van der Waals surface area contributed by atoms with Crippen molar-refractivity contribution in [1.82, 2.24) is 15.0 Å². The molecule has 2 unspecified atom stereocenters. The minimum Gasteiger partial charge on any atom is -0.465 e. The Balaban J connectivity index is 1.89. The Morgan fingerprint density at radius 1 is 1.65 bits per heavy atom. The Hall–Kier alpha value is -1.60. The summed E-state index contributed by atoms with van der Waals surface area (Å²) in [5.74, 6) is 0.795. The smallest absolute Gasteiger partial charge is 0.260 e. The Bertz CT molecular complexity index is 460. The summed E-state index contributed by atoms with van der Waals surface area (Å²) in [7, 11) is 3.89. The molecule has 112 valence electrons. The highest BCUT2D eigenvalue weighted by Crippen LogP contribution is 2.19. The molecule has 1 N–H and O–H groups in total. The van der Waals surface area contributed by atoms with Crippen LogP contribution in [0.5, 0.6) is 5.88 Å². The average Bonchev–Trinajstić information content (AvgIpc) is 2.92. The van der Waals surface area contributed by atoms with Crippen molar-refractivity contribution in [1.29, 1.82) is 0 Å². The highest BCUT2D eigenvalue weighted by atomic mass is 16.5. The monoisotopic (exact) mass is 283 g/mol. The summed E-state index contributed by atoms with van der Waals surface area (Å²) >= 11 is 0. The topological polar surface area (TPSA) is 79.0 Å². The first-order valence-electron chi connectivity index (χ1n) is 6.64. The van der Waals surface area contributed by atoms with Gasteiger partial charge in [-0.05, 0) is 32.6 Å². The van der Waals surface area contributed by atoms with E-state index in [1.165, 1.54) is 0 Å². The molecule has 1 amide bonds. The van der Waals surface area contributed by atoms with Gasteiger partial charge in [0, 0.05) is 25.2 Å². The van der Waals surface area contributed by atoms with Crippen molar-refractivity contribution in [2.45, 2.75) is 25.5 Å². The van der Waals surface area contributed by atoms with Gasteiger partial charge in [-0.3, -0.25) is 4.79 Å². The summed E-state index contributed by atoms with van der Waals surface area (Å²) in [6.45, 7) is 2.75. The number of likely N-dealkylation sites (N-methyl/N-ethyl adjacent to an activating group) is 1. The van der Waals surface area contributed by atoms with Gasteiger partial charge in [0.15, 0.2) is 6.61 Å². The number of amides is 1. The van der Waals surface area contributed by atoms with Crippen LogP contribution >= 0.6 is 0 Å². The number of carbonyl (C=O) groups is 1. The Kier molecular flexibility index (Phi) is 4.61. The number of nitrogens with zero attached hydrogens (tertiary/aromatic N) is 3. The van der Waals surface area contributed by atoms with Gasteiger partial charge in [0.05, 0.1) is 6.10 Å². The first-order chi connectivity index (χ1) is 9.45. The summed E-state index contributed by atoms with van der Waals surface area (Å²) in [5.41, 5.74) is 0. The van der Waals surface area contributed by atoms with Crippen molar-refractivity contribution in [2.75, 3.05) is 33.8 Å². The Morgan fingerprint density at radius 3 is 3.00 bits per heavy atom. The van der Waals surface area contributed by atoms with Crippen molar-refractivity contribution in [3.63, 3.8) is 0 Å². The second-order valence-corrected chi connectivity index (χ2v) is 5.42. The fourth-order valence-corrected chi connectivity index (χ4v) is 2.42. The zero-order valence-corrected chi connectivity index (χ0v) is 12.1. The predicted octanol–water partition coefficient (Wildman–Crippen LogP) is -0.115. The third-order valence-electron chi connectivity index (χ3n) is 3.24. The van der Waals surface area contributed by atoms with E-state index in [4.69, 9.17) is 9.26 Å². The van der Waals surface area contributed by atoms with E-state index in [1.807, 2.05) is 19.0 Å². The van der Waals surface area contributed by atoms with Crippen molar-refractivity contribution in [2.24, 2.45) is 0 Å². The lowest BCUT2D eigenvalue weighted by Gasteiger charge is -2.26. The van der Waals surface area contributed by atoms with Crippen LogP contribution in [0.2, 0.25) is 0 Å². The zero-order valence-electron chi connectivity index (χ0n) is 12.1. The van der Waals surface area contributed by atoms with Gasteiger partial charge in [0.25, 0.3) is 11.8 Å². The number of hydrogen-bond donors (Lipinski definition) is 1. The van der Waals surface area contributed by atoms with Crippen molar-refractivity contribution >= 4 is 5.91 Å². The minimum atomic E-state index is -0.460. The molecule has 0 radical (unpaired) electrons. The number of hydrogen-bond acceptors (Lipinski definition) is 6. The molecule has 1 fully saturated rings. The molecule has 0 aromatic carbocycles. The molecule has 0 bridgehead atoms. The van der Waals surface area contributed by atoms with E-state index in [2.05, 4.69) is 5.16 Å². The van der Waals surface area contributed by atoms with Gasteiger partial charge in [-0.15, -0.1) is 0 Å². The molecule has 1 aliphatic heterocycles. The van der Waals surface area contributed by atoms with Gasteiger partial charge in [0.1, 0.15) is 5.76 Å². The molecule has 1 aliphatic rings. The second-order valence-electron chi connectivity index (χ2n) is 5.42. The van der Waals surface area contributed by atoms with Crippen LogP contribution < -0.4 is 4.74 Å². The van der Waals surface area contributed by atoms with E-state index in [1.54, 1.807) is 17.9 Å². The van der Waals surface area contributed by atoms with Crippen LogP contribution in [0.1, 0.15) is 12.2 Å². The molecule has 2 heterocycles.